The Labute approximate surface area is 326 Å². The second kappa shape index (κ2) is 38.9. The van der Waals surface area contributed by atoms with Crippen LogP contribution >= 0.6 is 8.25 Å². The SMILES string of the molecule is C#CCOCCOCCNCC(C=O)CC(CCC(=O)NCCOCCOCC#C)(CCC(=O)NCCOCCOCC#C)NC(=O)CCCCO[PH](=O)O.[Es]. The van der Waals surface area contributed by atoms with Crippen LogP contribution in [-0.2, 0) is 56.7 Å². The molecule has 0 aromatic heterocycles. The molecule has 0 aliphatic heterocycles. The van der Waals surface area contributed by atoms with Crippen LogP contribution in [0.2, 0.25) is 0 Å². The summed E-state index contributed by atoms with van der Waals surface area (Å²) in [5.41, 5.74) is -1.13. The number of ether oxygens (including phenoxy) is 6. The average Bonchev–Trinajstić information content (AvgIpc) is 3.16. The van der Waals surface area contributed by atoms with Gasteiger partial charge >= 0.3 is 8.25 Å². The van der Waals surface area contributed by atoms with Gasteiger partial charge in [-0.3, -0.25) is 18.9 Å². The number of unbranched alkanes of at least 4 members (excludes halogenated alkanes) is 1. The van der Waals surface area contributed by atoms with Crippen molar-refractivity contribution in [3.8, 4) is 37.0 Å². The summed E-state index contributed by atoms with van der Waals surface area (Å²) >= 11 is 0. The van der Waals surface area contributed by atoms with Gasteiger partial charge in [0.25, 0.3) is 0 Å². The van der Waals surface area contributed by atoms with Gasteiger partial charge in [0, 0.05) is 56.9 Å². The molecule has 1 radical (unpaired) electrons. The Bertz CT molecular complexity index is 1150. The van der Waals surface area contributed by atoms with Gasteiger partial charge in [-0.2, -0.15) is 0 Å². The molecule has 0 heterocycles. The molecule has 19 heteroatoms. The first-order valence-corrected chi connectivity index (χ1v) is 19.6. The molecule has 56 heavy (non-hydrogen) atoms. The van der Waals surface area contributed by atoms with Crippen molar-refractivity contribution in [3.05, 3.63) is 0 Å². The van der Waals surface area contributed by atoms with Gasteiger partial charge in [0.05, 0.1) is 66.1 Å². The summed E-state index contributed by atoms with van der Waals surface area (Å²) < 4.78 is 47.5. The van der Waals surface area contributed by atoms with Crippen LogP contribution in [0.3, 0.4) is 0 Å². The molecule has 0 aliphatic carbocycles. The van der Waals surface area contributed by atoms with Crippen molar-refractivity contribution in [2.24, 2.45) is 5.92 Å². The summed E-state index contributed by atoms with van der Waals surface area (Å²) in [7, 11) is -3.08. The molecule has 0 aliphatic rings. The van der Waals surface area contributed by atoms with Crippen LogP contribution in [0.1, 0.15) is 51.4 Å². The van der Waals surface area contributed by atoms with E-state index in [1.807, 2.05) is 0 Å². The van der Waals surface area contributed by atoms with E-state index >= 15 is 0 Å². The Balaban J connectivity index is 0. The summed E-state index contributed by atoms with van der Waals surface area (Å²) in [6, 6.07) is 0. The second-order valence-corrected chi connectivity index (χ2v) is 12.8. The molecule has 0 saturated carbocycles. The number of carbonyl (C=O) groups excluding carboxylic acids is 4. The molecule has 2 atom stereocenters. The van der Waals surface area contributed by atoms with Crippen LogP contribution in [0.5, 0.6) is 0 Å². The number of hydrogen-bond acceptors (Lipinski definition) is 13. The van der Waals surface area contributed by atoms with Crippen LogP contribution in [-0.4, -0.2) is 147 Å². The van der Waals surface area contributed by atoms with E-state index in [1.165, 1.54) is 0 Å². The fourth-order valence-corrected chi connectivity index (χ4v) is 5.29. The van der Waals surface area contributed by atoms with E-state index in [9.17, 15) is 23.7 Å². The van der Waals surface area contributed by atoms with Crippen LogP contribution in [0.15, 0.2) is 0 Å². The Morgan fingerprint density at radius 1 is 0.661 bits per heavy atom. The maximum atomic E-state index is 13.3. The van der Waals surface area contributed by atoms with Crippen molar-refractivity contribution in [2.45, 2.75) is 56.9 Å². The first-order valence-electron chi connectivity index (χ1n) is 18.3. The molecule has 0 rings (SSSR count). The molecule has 3 amide bonds. The summed E-state index contributed by atoms with van der Waals surface area (Å²) in [5, 5.41) is 11.8. The van der Waals surface area contributed by atoms with E-state index in [4.69, 9.17) is 57.1 Å². The third kappa shape index (κ3) is 34.1. The number of nitrogens with one attached hydrogen (secondary N) is 4. The number of aldehydes is 1. The molecule has 0 saturated heterocycles. The van der Waals surface area contributed by atoms with Gasteiger partial charge < -0.3 is 63.9 Å². The minimum Gasteiger partial charge on any atom is -0.378 e. The monoisotopic (exact) mass is 1050 g/mol. The van der Waals surface area contributed by atoms with Gasteiger partial charge in [0.2, 0.25) is 17.7 Å². The van der Waals surface area contributed by atoms with Crippen LogP contribution in [0.25, 0.3) is 0 Å². The van der Waals surface area contributed by atoms with E-state index in [-0.39, 0.29) is 116 Å². The van der Waals surface area contributed by atoms with Gasteiger partial charge in [-0.25, -0.2) is 0 Å². The predicted molar refractivity (Wildman–Crippen MR) is 205 cm³/mol. The van der Waals surface area contributed by atoms with Gasteiger partial charge in [0.15, 0.2) is 0 Å². The Hall–Kier alpha value is -4.37. The smallest absolute Gasteiger partial charge is 0.316 e. The fraction of sp³-hybridized carbons (Fsp3) is 0.730. The quantitative estimate of drug-likeness (QED) is 0.0237. The van der Waals surface area contributed by atoms with Crippen molar-refractivity contribution in [3.63, 3.8) is 0 Å². The molecule has 0 aromatic rings. The summed E-state index contributed by atoms with van der Waals surface area (Å²) in [4.78, 5) is 60.6. The maximum Gasteiger partial charge on any atom is 0.316 e. The number of hydrogen-bond donors (Lipinski definition) is 5. The van der Waals surface area contributed by atoms with E-state index in [2.05, 4.69) is 39.0 Å². The van der Waals surface area contributed by atoms with Crippen LogP contribution in [0, 0.1) is 42.9 Å². The predicted octanol–water partition coefficient (Wildman–Crippen LogP) is -0.00290. The van der Waals surface area contributed by atoms with Crippen molar-refractivity contribution in [1.82, 2.24) is 21.3 Å². The van der Waals surface area contributed by atoms with Gasteiger partial charge in [0.1, 0.15) is 26.1 Å². The number of terminal acetylenes is 3. The Kier molecular flexibility index (Phi) is 37.3. The van der Waals surface area contributed by atoms with E-state index in [1.54, 1.807) is 0 Å². The molecule has 0 fully saturated rings. The van der Waals surface area contributed by atoms with Crippen molar-refractivity contribution >= 4 is 32.3 Å². The third-order valence-corrected chi connectivity index (χ3v) is 8.03. The Morgan fingerprint density at radius 2 is 1.12 bits per heavy atom. The zero-order valence-corrected chi connectivity index (χ0v) is 35.7. The summed E-state index contributed by atoms with van der Waals surface area (Å²) in [6.07, 6.45) is 17.3. The molecular formula is C37H61EsN4O13P. The molecule has 0 spiro atoms. The average molecular weight is 1050 g/mol. The number of rotatable bonds is 39. The van der Waals surface area contributed by atoms with Crippen molar-refractivity contribution in [1.29, 1.82) is 0 Å². The van der Waals surface area contributed by atoms with E-state index < -0.39 is 19.7 Å². The van der Waals surface area contributed by atoms with E-state index in [0.717, 1.165) is 6.29 Å². The van der Waals surface area contributed by atoms with Crippen LogP contribution < -0.4 is 21.3 Å². The van der Waals surface area contributed by atoms with Gasteiger partial charge in [-0.05, 0) is 32.1 Å². The zero-order chi connectivity index (χ0) is 40.7. The summed E-state index contributed by atoms with van der Waals surface area (Å²) in [5.74, 6) is 5.52. The Morgan fingerprint density at radius 3 is 1.57 bits per heavy atom. The molecule has 5 N–H and O–H groups in total. The van der Waals surface area contributed by atoms with Crippen molar-refractivity contribution < 1.29 is 61.6 Å². The molecule has 17 nitrogen and oxygen atoms in total. The zero-order valence-electron chi connectivity index (χ0n) is 32.2. The summed E-state index contributed by atoms with van der Waals surface area (Å²) in [6.45, 7) is 4.50. The molecule has 0 bridgehead atoms. The van der Waals surface area contributed by atoms with Crippen LogP contribution in [0.4, 0.5) is 0 Å². The van der Waals surface area contributed by atoms with E-state index in [0.29, 0.717) is 65.6 Å². The molecule has 323 valence electrons. The minimum absolute atomic E-state index is 0. The standard InChI is InChI=1S/C37H61N4O13P.Es/c1-4-17-48-24-27-51-21-14-38-31-33(32-42)30-37(41-36(45)9-7-8-20-54-55(46)47,12-10-34(43)39-15-22-52-28-25-49-18-5-2)13-11-35(44)40-16-23-53-29-26-50-19-6-3;/h1-3,32-33,38,55H,7-31H2,(H,39,43)(H,40,44)(H,41,45)(H,46,47);. The fourth-order valence-electron chi connectivity index (χ4n) is 4.97. The third-order valence-electron chi connectivity index (χ3n) is 7.57. The number of carbonyl (C=O) groups is 4. The second-order valence-electron chi connectivity index (χ2n) is 12.0. The topological polar surface area (TPSA) is 218 Å². The molecule has 0 aromatic carbocycles. The number of amides is 3. The normalized spacial score (nSPS) is 11.9. The van der Waals surface area contributed by atoms with Gasteiger partial charge in [-0.15, -0.1) is 19.3 Å². The van der Waals surface area contributed by atoms with Crippen molar-refractivity contribution in [2.75, 3.05) is 112 Å². The van der Waals surface area contributed by atoms with Gasteiger partial charge in [-0.1, -0.05) is 17.8 Å². The largest absolute Gasteiger partial charge is 0.378 e. The molecular weight excluding hydrogens is 991 g/mol. The maximum absolute atomic E-state index is 13.3. The first-order chi connectivity index (χ1) is 26.7. The minimum atomic E-state index is -3.08. The first kappa shape index (κ1) is 53.7. The molecule has 2 unspecified atom stereocenters.